The van der Waals surface area contributed by atoms with Gasteiger partial charge in [0.2, 0.25) is 10.0 Å². The van der Waals surface area contributed by atoms with E-state index in [-0.39, 0.29) is 40.5 Å². The first-order valence-electron chi connectivity index (χ1n) is 9.35. The van der Waals surface area contributed by atoms with E-state index in [0.717, 1.165) is 11.8 Å². The normalized spacial score (nSPS) is 17.0. The lowest BCUT2D eigenvalue weighted by Gasteiger charge is -2.20. The molecule has 7 N–H and O–H groups in total. The summed E-state index contributed by atoms with van der Waals surface area (Å²) < 4.78 is 26.2. The van der Waals surface area contributed by atoms with Crippen LogP contribution >= 0.6 is 11.6 Å². The van der Waals surface area contributed by atoms with E-state index >= 15 is 0 Å². The van der Waals surface area contributed by atoms with Gasteiger partial charge in [0.25, 0.3) is 5.91 Å². The molecule has 2 atom stereocenters. The van der Waals surface area contributed by atoms with Gasteiger partial charge in [0.1, 0.15) is 0 Å². The number of carbonyl (C=O) groups excluding carboxylic acids is 1. The number of hydrogen-bond acceptors (Lipinski definition) is 9. The van der Waals surface area contributed by atoms with Crippen LogP contribution in [0.15, 0.2) is 35.3 Å². The lowest BCUT2D eigenvalue weighted by atomic mass is 10.0. The second-order valence-electron chi connectivity index (χ2n) is 7.05. The molecule has 0 saturated carbocycles. The number of amides is 1. The van der Waals surface area contributed by atoms with Crippen molar-refractivity contribution in [2.75, 3.05) is 24.3 Å². The van der Waals surface area contributed by atoms with Gasteiger partial charge in [0.15, 0.2) is 28.4 Å². The summed E-state index contributed by atoms with van der Waals surface area (Å²) in [6.45, 7) is 0.416. The summed E-state index contributed by atoms with van der Waals surface area (Å²) in [4.78, 5) is 24.3. The molecule has 2 aromatic rings. The van der Waals surface area contributed by atoms with E-state index in [2.05, 4.69) is 30.3 Å². The third kappa shape index (κ3) is 6.26. The Morgan fingerprint density at radius 3 is 2.65 bits per heavy atom. The topological polar surface area (TPSA) is 177 Å². The number of guanidine groups is 1. The fraction of sp³-hybridized carbons (Fsp3) is 0.333. The minimum Gasteiger partial charge on any atom is -0.382 e. The van der Waals surface area contributed by atoms with E-state index in [4.69, 9.17) is 23.1 Å². The monoisotopic (exact) mass is 466 g/mol. The molecule has 2 heterocycles. The van der Waals surface area contributed by atoms with Crippen molar-refractivity contribution in [1.29, 1.82) is 0 Å². The van der Waals surface area contributed by atoms with Crippen molar-refractivity contribution in [3.8, 4) is 0 Å². The van der Waals surface area contributed by atoms with Gasteiger partial charge < -0.3 is 16.8 Å². The molecule has 13 heteroatoms. The van der Waals surface area contributed by atoms with Gasteiger partial charge in [-0.3, -0.25) is 15.1 Å². The first-order valence-corrected chi connectivity index (χ1v) is 11.6. The Balaban J connectivity index is 1.57. The quantitative estimate of drug-likeness (QED) is 0.389. The van der Waals surface area contributed by atoms with E-state index in [1.165, 1.54) is 0 Å². The van der Waals surface area contributed by atoms with Gasteiger partial charge in [0, 0.05) is 12.1 Å². The van der Waals surface area contributed by atoms with Gasteiger partial charge in [0.05, 0.1) is 12.8 Å². The highest BCUT2D eigenvalue weighted by molar-refractivity contribution is 7.88. The van der Waals surface area contributed by atoms with Crippen LogP contribution < -0.4 is 26.8 Å². The van der Waals surface area contributed by atoms with E-state index in [1.807, 2.05) is 30.3 Å². The number of halogens is 1. The molecule has 0 bridgehead atoms. The molecule has 1 aliphatic rings. The van der Waals surface area contributed by atoms with Crippen LogP contribution in [-0.2, 0) is 10.0 Å². The van der Waals surface area contributed by atoms with Crippen LogP contribution in [0.2, 0.25) is 5.15 Å². The predicted molar refractivity (Wildman–Crippen MR) is 119 cm³/mol. The maximum absolute atomic E-state index is 12.4. The minimum absolute atomic E-state index is 0.0669. The number of sulfonamides is 1. The van der Waals surface area contributed by atoms with Crippen LogP contribution in [-0.4, -0.2) is 49.1 Å². The summed E-state index contributed by atoms with van der Waals surface area (Å²) in [5, 5.41) is 5.56. The highest BCUT2D eigenvalue weighted by atomic mass is 35.5. The maximum Gasteiger partial charge on any atom is 0.280 e. The maximum atomic E-state index is 12.4. The molecule has 11 nitrogen and oxygen atoms in total. The zero-order valence-electron chi connectivity index (χ0n) is 16.7. The third-order valence-corrected chi connectivity index (χ3v) is 5.52. The van der Waals surface area contributed by atoms with E-state index < -0.39 is 15.9 Å². The van der Waals surface area contributed by atoms with E-state index in [1.54, 1.807) is 0 Å². The Labute approximate surface area is 184 Å². The second-order valence-corrected chi connectivity index (χ2v) is 9.19. The first kappa shape index (κ1) is 22.7. The van der Waals surface area contributed by atoms with Crippen LogP contribution in [0.1, 0.15) is 34.9 Å². The van der Waals surface area contributed by atoms with Crippen molar-refractivity contribution >= 4 is 45.1 Å². The highest BCUT2D eigenvalue weighted by Gasteiger charge is 2.24. The number of nitrogens with two attached hydrogens (primary N) is 2. The standard InChI is InChI=1S/C18H23ClN8O3S/c1-31(29,30)27-12(10-5-3-2-4-6-10)8-7-11-9-22-18(23-11)26-17(28)13-15(20)25-16(21)14(19)24-13/h2-6,11-12,27H,7-9H2,1H3,(H4,20,21,25)(H2,22,23,26,28)/t11-,12-/m0/s1. The number of nitrogens with one attached hydrogen (secondary N) is 3. The molecule has 1 aromatic heterocycles. The molecule has 0 spiro atoms. The number of anilines is 2. The number of nitrogens with zero attached hydrogens (tertiary/aromatic N) is 3. The number of aromatic nitrogens is 2. The Morgan fingerprint density at radius 2 is 1.97 bits per heavy atom. The van der Waals surface area contributed by atoms with E-state index in [9.17, 15) is 13.2 Å². The molecule has 31 heavy (non-hydrogen) atoms. The summed E-state index contributed by atoms with van der Waals surface area (Å²) >= 11 is 5.81. The molecule has 1 aliphatic heterocycles. The number of rotatable bonds is 7. The zero-order chi connectivity index (χ0) is 22.6. The lowest BCUT2D eigenvalue weighted by molar-refractivity contribution is 0.0972. The SMILES string of the molecule is CS(=O)(=O)N[C@@H](CC[C@H]1CN=C(NC(=O)c2nc(Cl)c(N)nc2N)N1)c1ccccc1. The van der Waals surface area contributed by atoms with Crippen LogP contribution in [0.3, 0.4) is 0 Å². The van der Waals surface area contributed by atoms with Gasteiger partial charge >= 0.3 is 0 Å². The Bertz CT molecular complexity index is 1090. The molecule has 0 radical (unpaired) electrons. The fourth-order valence-corrected chi connectivity index (χ4v) is 4.00. The minimum atomic E-state index is -3.39. The summed E-state index contributed by atoms with van der Waals surface area (Å²) in [5.41, 5.74) is 11.9. The molecule has 1 amide bonds. The Kier molecular flexibility index (Phi) is 6.93. The predicted octanol–water partition coefficient (Wildman–Crippen LogP) is 0.423. The number of hydrogen-bond donors (Lipinski definition) is 5. The smallest absolute Gasteiger partial charge is 0.280 e. The third-order valence-electron chi connectivity index (χ3n) is 4.52. The Morgan fingerprint density at radius 1 is 1.26 bits per heavy atom. The summed E-state index contributed by atoms with van der Waals surface area (Å²) in [7, 11) is -3.39. The van der Waals surface area contributed by atoms with Crippen molar-refractivity contribution in [3.05, 3.63) is 46.7 Å². The number of nitrogen functional groups attached to an aromatic ring is 2. The van der Waals surface area contributed by atoms with Gasteiger partial charge in [-0.2, -0.15) is 0 Å². The molecule has 0 unspecified atom stereocenters. The number of benzene rings is 1. The Hall–Kier alpha value is -2.96. The number of aliphatic imine (C=N–C) groups is 1. The van der Waals surface area contributed by atoms with Crippen LogP contribution in [0.25, 0.3) is 0 Å². The van der Waals surface area contributed by atoms with Crippen molar-refractivity contribution in [1.82, 2.24) is 25.3 Å². The van der Waals surface area contributed by atoms with Crippen LogP contribution in [0, 0.1) is 0 Å². The second kappa shape index (κ2) is 9.45. The van der Waals surface area contributed by atoms with Crippen molar-refractivity contribution in [2.24, 2.45) is 4.99 Å². The molecule has 166 valence electrons. The summed E-state index contributed by atoms with van der Waals surface area (Å²) in [6.07, 6.45) is 2.28. The van der Waals surface area contributed by atoms with Gasteiger partial charge in [-0.05, 0) is 18.4 Å². The van der Waals surface area contributed by atoms with Gasteiger partial charge in [-0.15, -0.1) is 0 Å². The average Bonchev–Trinajstić information content (AvgIpc) is 3.15. The van der Waals surface area contributed by atoms with Crippen molar-refractivity contribution in [3.63, 3.8) is 0 Å². The lowest BCUT2D eigenvalue weighted by Crippen LogP contribution is -2.42. The summed E-state index contributed by atoms with van der Waals surface area (Å²) in [6, 6.07) is 8.87. The first-order chi connectivity index (χ1) is 14.6. The molecule has 3 rings (SSSR count). The van der Waals surface area contributed by atoms with Gasteiger partial charge in [-0.1, -0.05) is 41.9 Å². The van der Waals surface area contributed by atoms with Crippen molar-refractivity contribution in [2.45, 2.75) is 24.9 Å². The highest BCUT2D eigenvalue weighted by Crippen LogP contribution is 2.21. The molecule has 0 aliphatic carbocycles. The zero-order valence-corrected chi connectivity index (χ0v) is 18.2. The molecule has 1 aromatic carbocycles. The van der Waals surface area contributed by atoms with Crippen molar-refractivity contribution < 1.29 is 13.2 Å². The van der Waals surface area contributed by atoms with Crippen LogP contribution in [0.5, 0.6) is 0 Å². The average molecular weight is 467 g/mol. The van der Waals surface area contributed by atoms with Crippen LogP contribution in [0.4, 0.5) is 11.6 Å². The number of carbonyl (C=O) groups is 1. The molecule has 0 fully saturated rings. The van der Waals surface area contributed by atoms with E-state index in [0.29, 0.717) is 19.4 Å². The largest absolute Gasteiger partial charge is 0.382 e. The molecular formula is C18H23ClN8O3S. The summed E-state index contributed by atoms with van der Waals surface area (Å²) in [5.74, 6) is -0.578. The fourth-order valence-electron chi connectivity index (χ4n) is 3.11. The van der Waals surface area contributed by atoms with Gasteiger partial charge in [-0.25, -0.2) is 23.1 Å². The molecule has 0 saturated heterocycles. The molecular weight excluding hydrogens is 444 g/mol.